The Morgan fingerprint density at radius 1 is 1.47 bits per heavy atom. The van der Waals surface area contributed by atoms with Gasteiger partial charge in [0.2, 0.25) is 10.0 Å². The molecule has 0 atom stereocenters. The van der Waals surface area contributed by atoms with Gasteiger partial charge in [-0.2, -0.15) is 5.10 Å². The molecule has 0 spiro atoms. The van der Waals surface area contributed by atoms with E-state index in [1.165, 1.54) is 18.7 Å². The van der Waals surface area contributed by atoms with Crippen LogP contribution < -0.4 is 10.0 Å². The minimum absolute atomic E-state index is 0.122. The molecule has 2 N–H and O–H groups in total. The maximum absolute atomic E-state index is 12.0. The van der Waals surface area contributed by atoms with E-state index in [0.717, 1.165) is 6.54 Å². The van der Waals surface area contributed by atoms with Crippen LogP contribution in [-0.2, 0) is 23.1 Å². The van der Waals surface area contributed by atoms with Crippen molar-refractivity contribution in [3.05, 3.63) is 36.5 Å². The van der Waals surface area contributed by atoms with E-state index in [1.54, 1.807) is 16.8 Å². The van der Waals surface area contributed by atoms with Crippen LogP contribution in [0.25, 0.3) is 0 Å². The van der Waals surface area contributed by atoms with Crippen LogP contribution in [0, 0.1) is 0 Å². The maximum atomic E-state index is 12.0. The molecule has 0 aliphatic heterocycles. The van der Waals surface area contributed by atoms with Crippen molar-refractivity contribution in [2.45, 2.75) is 18.0 Å². The third-order valence-electron chi connectivity index (χ3n) is 2.53. The quantitative estimate of drug-likeness (QED) is 0.757. The first-order chi connectivity index (χ1) is 9.12. The normalized spacial score (nSPS) is 11.8. The second-order valence-electron chi connectivity index (χ2n) is 3.95. The number of hydrogen-bond donors (Lipinski definition) is 2. The maximum Gasteiger partial charge on any atom is 0.244 e. The Hall–Kier alpha value is -1.64. The monoisotopic (exact) mass is 284 g/mol. The van der Waals surface area contributed by atoms with Crippen molar-refractivity contribution in [2.75, 3.05) is 13.6 Å². The topological polar surface area (TPSA) is 89.2 Å². The number of nitrogens with zero attached hydrogens (tertiary/aromatic N) is 2. The number of aromatic nitrogens is 2. The molecule has 0 bridgehead atoms. The highest BCUT2D eigenvalue weighted by Crippen LogP contribution is 2.08. The molecular weight excluding hydrogens is 268 g/mol. The molecule has 0 unspecified atom stereocenters. The van der Waals surface area contributed by atoms with Crippen LogP contribution in [0.5, 0.6) is 0 Å². The van der Waals surface area contributed by atoms with Gasteiger partial charge in [0.1, 0.15) is 10.7 Å². The number of sulfonamides is 1. The molecule has 19 heavy (non-hydrogen) atoms. The highest BCUT2D eigenvalue weighted by atomic mass is 32.2. The fourth-order valence-corrected chi connectivity index (χ4v) is 2.44. The van der Waals surface area contributed by atoms with Gasteiger partial charge in [-0.05, 0) is 19.2 Å². The molecule has 8 heteroatoms. The minimum Gasteiger partial charge on any atom is -0.468 e. The average Bonchev–Trinajstić information content (AvgIpc) is 3.05. The summed E-state index contributed by atoms with van der Waals surface area (Å²) < 4.78 is 33.1. The molecule has 0 saturated heterocycles. The molecule has 0 aliphatic carbocycles. The van der Waals surface area contributed by atoms with E-state index in [9.17, 15) is 8.42 Å². The number of likely N-dealkylation sites (N-methyl/N-ethyl adjacent to an activating group) is 1. The molecule has 2 aromatic rings. The predicted molar refractivity (Wildman–Crippen MR) is 68.9 cm³/mol. The third-order valence-corrected chi connectivity index (χ3v) is 3.88. The number of rotatable bonds is 7. The summed E-state index contributed by atoms with van der Waals surface area (Å²) in [5.74, 6) is 0.561. The zero-order chi connectivity index (χ0) is 13.7. The van der Waals surface area contributed by atoms with Crippen molar-refractivity contribution in [3.63, 3.8) is 0 Å². The highest BCUT2D eigenvalue weighted by Gasteiger charge is 2.16. The summed E-state index contributed by atoms with van der Waals surface area (Å²) >= 11 is 0. The van der Waals surface area contributed by atoms with Crippen molar-refractivity contribution in [1.29, 1.82) is 0 Å². The van der Waals surface area contributed by atoms with Crippen LogP contribution >= 0.6 is 0 Å². The van der Waals surface area contributed by atoms with Gasteiger partial charge in [-0.3, -0.25) is 4.68 Å². The van der Waals surface area contributed by atoms with Crippen LogP contribution in [0.3, 0.4) is 0 Å². The Balaban J connectivity index is 2.00. The summed E-state index contributed by atoms with van der Waals surface area (Å²) in [7, 11) is -1.73. The van der Waals surface area contributed by atoms with Crippen LogP contribution in [0.4, 0.5) is 0 Å². The Bertz CT molecular complexity index is 604. The first-order valence-corrected chi connectivity index (χ1v) is 7.29. The number of nitrogens with one attached hydrogen (secondary N) is 2. The predicted octanol–water partition coefficient (Wildman–Crippen LogP) is 0.174. The van der Waals surface area contributed by atoms with Gasteiger partial charge in [0.15, 0.2) is 0 Å². The number of hydrogen-bond acceptors (Lipinski definition) is 5. The molecule has 2 aromatic heterocycles. The standard InChI is InChI=1S/C11H16N4O3S/c1-12-4-5-15-9-11(8-13-15)19(16,17)14-7-10-3-2-6-18-10/h2-3,6,8-9,12,14H,4-5,7H2,1H3. The van der Waals surface area contributed by atoms with Gasteiger partial charge in [-0.15, -0.1) is 0 Å². The average molecular weight is 284 g/mol. The lowest BCUT2D eigenvalue weighted by molar-refractivity contribution is 0.498. The van der Waals surface area contributed by atoms with Gasteiger partial charge >= 0.3 is 0 Å². The summed E-state index contributed by atoms with van der Waals surface area (Å²) in [6.45, 7) is 1.46. The van der Waals surface area contributed by atoms with E-state index in [2.05, 4.69) is 15.1 Å². The third kappa shape index (κ3) is 3.66. The summed E-state index contributed by atoms with van der Waals surface area (Å²) in [6, 6.07) is 3.41. The Labute approximate surface area is 111 Å². The zero-order valence-electron chi connectivity index (χ0n) is 10.5. The van der Waals surface area contributed by atoms with Crippen molar-refractivity contribution in [2.24, 2.45) is 0 Å². The fourth-order valence-electron chi connectivity index (χ4n) is 1.49. The number of furan rings is 1. The van der Waals surface area contributed by atoms with Crippen molar-refractivity contribution in [3.8, 4) is 0 Å². The first-order valence-electron chi connectivity index (χ1n) is 5.81. The van der Waals surface area contributed by atoms with Crippen LogP contribution in [0.15, 0.2) is 40.1 Å². The lowest BCUT2D eigenvalue weighted by Crippen LogP contribution is -2.22. The van der Waals surface area contributed by atoms with Gasteiger partial charge in [-0.1, -0.05) is 0 Å². The fraction of sp³-hybridized carbons (Fsp3) is 0.364. The molecule has 0 radical (unpaired) electrons. The van der Waals surface area contributed by atoms with E-state index in [1.807, 2.05) is 7.05 Å². The molecule has 0 aliphatic rings. The molecule has 0 aromatic carbocycles. The largest absolute Gasteiger partial charge is 0.468 e. The molecule has 2 rings (SSSR count). The van der Waals surface area contributed by atoms with Gasteiger partial charge < -0.3 is 9.73 Å². The molecule has 0 saturated carbocycles. The first kappa shape index (κ1) is 13.8. The lowest BCUT2D eigenvalue weighted by Gasteiger charge is -2.02. The summed E-state index contributed by atoms with van der Waals surface area (Å²) in [5, 5.41) is 6.97. The summed E-state index contributed by atoms with van der Waals surface area (Å²) in [4.78, 5) is 0.148. The van der Waals surface area contributed by atoms with Gasteiger partial charge in [-0.25, -0.2) is 13.1 Å². The van der Waals surface area contributed by atoms with Crippen molar-refractivity contribution < 1.29 is 12.8 Å². The van der Waals surface area contributed by atoms with Crippen LogP contribution in [-0.4, -0.2) is 31.8 Å². The van der Waals surface area contributed by atoms with Gasteiger partial charge in [0.25, 0.3) is 0 Å². The van der Waals surface area contributed by atoms with E-state index in [0.29, 0.717) is 12.3 Å². The Kier molecular flexibility index (Phi) is 4.35. The molecule has 2 heterocycles. The smallest absolute Gasteiger partial charge is 0.244 e. The van der Waals surface area contributed by atoms with Crippen molar-refractivity contribution >= 4 is 10.0 Å². The molecule has 0 fully saturated rings. The summed E-state index contributed by atoms with van der Waals surface area (Å²) in [5.41, 5.74) is 0. The zero-order valence-corrected chi connectivity index (χ0v) is 11.4. The van der Waals surface area contributed by atoms with E-state index < -0.39 is 10.0 Å². The molecule has 7 nitrogen and oxygen atoms in total. The molecular formula is C11H16N4O3S. The molecule has 0 amide bonds. The van der Waals surface area contributed by atoms with E-state index in [-0.39, 0.29) is 11.4 Å². The van der Waals surface area contributed by atoms with Crippen LogP contribution in [0.2, 0.25) is 0 Å². The van der Waals surface area contributed by atoms with Gasteiger partial charge in [0.05, 0.1) is 25.5 Å². The van der Waals surface area contributed by atoms with E-state index in [4.69, 9.17) is 4.42 Å². The second-order valence-corrected chi connectivity index (χ2v) is 5.71. The second kappa shape index (κ2) is 6.00. The Morgan fingerprint density at radius 2 is 2.32 bits per heavy atom. The van der Waals surface area contributed by atoms with Crippen LogP contribution in [0.1, 0.15) is 5.76 Å². The molecule has 104 valence electrons. The Morgan fingerprint density at radius 3 is 3.00 bits per heavy atom. The minimum atomic E-state index is -3.55. The van der Waals surface area contributed by atoms with E-state index >= 15 is 0 Å². The summed E-state index contributed by atoms with van der Waals surface area (Å²) in [6.07, 6.45) is 4.33. The van der Waals surface area contributed by atoms with Crippen molar-refractivity contribution in [1.82, 2.24) is 19.8 Å². The highest BCUT2D eigenvalue weighted by molar-refractivity contribution is 7.89. The van der Waals surface area contributed by atoms with Gasteiger partial charge in [0, 0.05) is 12.7 Å². The lowest BCUT2D eigenvalue weighted by atomic mass is 10.5. The SMILES string of the molecule is CNCCn1cc(S(=O)(=O)NCc2ccco2)cn1.